The number of hydrogen-bond acceptors (Lipinski definition) is 4. The minimum Gasteiger partial charge on any atom is -0.490 e. The van der Waals surface area contributed by atoms with Crippen LogP contribution in [0.3, 0.4) is 0 Å². The Labute approximate surface area is 122 Å². The Kier molecular flexibility index (Phi) is 5.21. The molecule has 0 saturated heterocycles. The van der Waals surface area contributed by atoms with E-state index in [1.54, 1.807) is 12.1 Å². The second-order valence-corrected chi connectivity index (χ2v) is 4.58. The van der Waals surface area contributed by atoms with Gasteiger partial charge in [0.1, 0.15) is 0 Å². The monoisotopic (exact) mass is 293 g/mol. The molecule has 2 rings (SSSR count). The molecule has 0 aliphatic heterocycles. The number of aromatic nitrogens is 1. The van der Waals surface area contributed by atoms with Crippen LogP contribution in [0, 0.1) is 0 Å². The van der Waals surface area contributed by atoms with E-state index in [4.69, 9.17) is 21.1 Å². The zero-order valence-electron chi connectivity index (χ0n) is 11.2. The zero-order valence-corrected chi connectivity index (χ0v) is 11.9. The van der Waals surface area contributed by atoms with Gasteiger partial charge in [0.05, 0.1) is 18.2 Å². The molecule has 5 heteroatoms. The lowest BCUT2D eigenvalue weighted by molar-refractivity contribution is 0.280. The molecule has 4 nitrogen and oxygen atoms in total. The summed E-state index contributed by atoms with van der Waals surface area (Å²) in [5.74, 6) is 1.61. The number of benzene rings is 1. The van der Waals surface area contributed by atoms with Gasteiger partial charge in [-0.1, -0.05) is 30.7 Å². The summed E-state index contributed by atoms with van der Waals surface area (Å²) in [4.78, 5) is 4.08. The highest BCUT2D eigenvalue weighted by Crippen LogP contribution is 2.31. The number of rotatable bonds is 6. The standard InChI is InChI=1S/C15H16ClNO3/c1-2-7-19-13-5-3-4-6-14(13)20-15-8-11(10-18)12(16)9-17-15/h3-6,8-9,18H,2,7,10H2,1H3. The van der Waals surface area contributed by atoms with E-state index in [9.17, 15) is 5.11 Å². The number of ether oxygens (including phenoxy) is 2. The lowest BCUT2D eigenvalue weighted by atomic mass is 10.3. The highest BCUT2D eigenvalue weighted by Gasteiger charge is 2.08. The van der Waals surface area contributed by atoms with Crippen molar-refractivity contribution in [1.82, 2.24) is 4.98 Å². The maximum atomic E-state index is 9.19. The SMILES string of the molecule is CCCOc1ccccc1Oc1cc(CO)c(Cl)cn1. The molecule has 1 heterocycles. The average Bonchev–Trinajstić information content (AvgIpc) is 2.48. The number of hydrogen-bond donors (Lipinski definition) is 1. The van der Waals surface area contributed by atoms with Gasteiger partial charge in [0.25, 0.3) is 0 Å². The van der Waals surface area contributed by atoms with E-state index in [0.29, 0.717) is 34.6 Å². The van der Waals surface area contributed by atoms with Crippen molar-refractivity contribution in [3.63, 3.8) is 0 Å². The van der Waals surface area contributed by atoms with Crippen molar-refractivity contribution in [2.75, 3.05) is 6.61 Å². The summed E-state index contributed by atoms with van der Waals surface area (Å²) in [7, 11) is 0. The van der Waals surface area contributed by atoms with Crippen molar-refractivity contribution >= 4 is 11.6 Å². The molecule has 1 aromatic heterocycles. The summed E-state index contributed by atoms with van der Waals surface area (Å²) >= 11 is 5.90. The maximum Gasteiger partial charge on any atom is 0.219 e. The van der Waals surface area contributed by atoms with E-state index >= 15 is 0 Å². The second kappa shape index (κ2) is 7.12. The van der Waals surface area contributed by atoms with Gasteiger partial charge in [-0.05, 0) is 18.6 Å². The quantitative estimate of drug-likeness (QED) is 0.880. The van der Waals surface area contributed by atoms with Gasteiger partial charge in [0.15, 0.2) is 11.5 Å². The first-order valence-corrected chi connectivity index (χ1v) is 6.77. The van der Waals surface area contributed by atoms with Gasteiger partial charge in [-0.2, -0.15) is 0 Å². The lowest BCUT2D eigenvalue weighted by Gasteiger charge is -2.12. The summed E-state index contributed by atoms with van der Waals surface area (Å²) in [6, 6.07) is 9.00. The van der Waals surface area contributed by atoms with Crippen LogP contribution < -0.4 is 9.47 Å². The van der Waals surface area contributed by atoms with Gasteiger partial charge in [0, 0.05) is 17.8 Å². The third kappa shape index (κ3) is 3.62. The fraction of sp³-hybridized carbons (Fsp3) is 0.267. The van der Waals surface area contributed by atoms with Crippen LogP contribution in [0.15, 0.2) is 36.5 Å². The van der Waals surface area contributed by atoms with Crippen molar-refractivity contribution in [3.8, 4) is 17.4 Å². The van der Waals surface area contributed by atoms with E-state index in [2.05, 4.69) is 4.98 Å². The van der Waals surface area contributed by atoms with E-state index in [1.807, 2.05) is 25.1 Å². The normalized spacial score (nSPS) is 10.3. The third-order valence-corrected chi connectivity index (χ3v) is 2.95. The predicted octanol–water partition coefficient (Wildman–Crippen LogP) is 3.81. The number of aliphatic hydroxyl groups excluding tert-OH is 1. The van der Waals surface area contributed by atoms with E-state index in [1.165, 1.54) is 6.20 Å². The van der Waals surface area contributed by atoms with Gasteiger partial charge in [0.2, 0.25) is 5.88 Å². The molecular formula is C15H16ClNO3. The minimum atomic E-state index is -0.161. The van der Waals surface area contributed by atoms with Gasteiger partial charge in [-0.25, -0.2) is 4.98 Å². The Morgan fingerprint density at radius 1 is 1.25 bits per heavy atom. The number of para-hydroxylation sites is 2. The second-order valence-electron chi connectivity index (χ2n) is 4.17. The van der Waals surface area contributed by atoms with E-state index < -0.39 is 0 Å². The molecule has 0 radical (unpaired) electrons. The zero-order chi connectivity index (χ0) is 14.4. The molecule has 0 bridgehead atoms. The van der Waals surface area contributed by atoms with Crippen LogP contribution >= 0.6 is 11.6 Å². The first-order valence-electron chi connectivity index (χ1n) is 6.39. The van der Waals surface area contributed by atoms with Crippen molar-refractivity contribution in [2.24, 2.45) is 0 Å². The number of nitrogens with zero attached hydrogens (tertiary/aromatic N) is 1. The van der Waals surface area contributed by atoms with Crippen LogP contribution in [0.4, 0.5) is 0 Å². The molecule has 0 aliphatic carbocycles. The van der Waals surface area contributed by atoms with Gasteiger partial charge in [-0.3, -0.25) is 0 Å². The Balaban J connectivity index is 2.21. The topological polar surface area (TPSA) is 51.6 Å². The Morgan fingerprint density at radius 3 is 2.70 bits per heavy atom. The number of pyridine rings is 1. The molecule has 1 aromatic carbocycles. The fourth-order valence-corrected chi connectivity index (χ4v) is 1.78. The highest BCUT2D eigenvalue weighted by molar-refractivity contribution is 6.31. The molecule has 0 spiro atoms. The predicted molar refractivity (Wildman–Crippen MR) is 77.5 cm³/mol. The molecule has 0 amide bonds. The summed E-state index contributed by atoms with van der Waals surface area (Å²) in [5.41, 5.74) is 0.573. The third-order valence-electron chi connectivity index (χ3n) is 2.61. The summed E-state index contributed by atoms with van der Waals surface area (Å²) in [5, 5.41) is 9.60. The van der Waals surface area contributed by atoms with Crippen LogP contribution in [0.2, 0.25) is 5.02 Å². The Hall–Kier alpha value is -1.78. The lowest BCUT2D eigenvalue weighted by Crippen LogP contribution is -1.98. The maximum absolute atomic E-state index is 9.19. The smallest absolute Gasteiger partial charge is 0.219 e. The van der Waals surface area contributed by atoms with Crippen LogP contribution in [-0.4, -0.2) is 16.7 Å². The molecule has 1 N–H and O–H groups in total. The number of aliphatic hydroxyl groups is 1. The van der Waals surface area contributed by atoms with Gasteiger partial charge < -0.3 is 14.6 Å². The molecule has 0 fully saturated rings. The van der Waals surface area contributed by atoms with Gasteiger partial charge >= 0.3 is 0 Å². The summed E-state index contributed by atoms with van der Waals surface area (Å²) in [6.07, 6.45) is 2.38. The summed E-state index contributed by atoms with van der Waals surface area (Å²) in [6.45, 7) is 2.50. The van der Waals surface area contributed by atoms with E-state index in [0.717, 1.165) is 6.42 Å². The Bertz CT molecular complexity index is 575. The molecular weight excluding hydrogens is 278 g/mol. The van der Waals surface area contributed by atoms with Crippen LogP contribution in [-0.2, 0) is 6.61 Å². The largest absolute Gasteiger partial charge is 0.490 e. The average molecular weight is 294 g/mol. The molecule has 0 saturated carbocycles. The first-order chi connectivity index (χ1) is 9.74. The van der Waals surface area contributed by atoms with Crippen LogP contribution in [0.5, 0.6) is 17.4 Å². The molecule has 0 unspecified atom stereocenters. The first kappa shape index (κ1) is 14.6. The molecule has 0 atom stereocenters. The van der Waals surface area contributed by atoms with Crippen molar-refractivity contribution in [3.05, 3.63) is 47.1 Å². The fourth-order valence-electron chi connectivity index (χ4n) is 1.61. The van der Waals surface area contributed by atoms with Crippen molar-refractivity contribution in [2.45, 2.75) is 20.0 Å². The number of halogens is 1. The highest BCUT2D eigenvalue weighted by atomic mass is 35.5. The molecule has 20 heavy (non-hydrogen) atoms. The molecule has 2 aromatic rings. The minimum absolute atomic E-state index is 0.161. The van der Waals surface area contributed by atoms with Crippen LogP contribution in [0.25, 0.3) is 0 Å². The Morgan fingerprint density at radius 2 is 2.00 bits per heavy atom. The van der Waals surface area contributed by atoms with Crippen molar-refractivity contribution in [1.29, 1.82) is 0 Å². The van der Waals surface area contributed by atoms with Crippen molar-refractivity contribution < 1.29 is 14.6 Å². The summed E-state index contributed by atoms with van der Waals surface area (Å²) < 4.78 is 11.3. The van der Waals surface area contributed by atoms with E-state index in [-0.39, 0.29) is 6.61 Å². The molecule has 106 valence electrons. The van der Waals surface area contributed by atoms with Crippen LogP contribution in [0.1, 0.15) is 18.9 Å². The van der Waals surface area contributed by atoms with Gasteiger partial charge in [-0.15, -0.1) is 0 Å². The molecule has 0 aliphatic rings.